The largest absolute Gasteiger partial charge is 0.425 e. The molecule has 2 aromatic heterocycles. The molecular weight excluding hydrogens is 462 g/mol. The molecule has 1 saturated heterocycles. The van der Waals surface area contributed by atoms with Crippen molar-refractivity contribution in [3.63, 3.8) is 0 Å². The third-order valence-electron chi connectivity index (χ3n) is 5.90. The first kappa shape index (κ1) is 22.0. The molecule has 36 heavy (non-hydrogen) atoms. The van der Waals surface area contributed by atoms with Crippen molar-refractivity contribution in [1.29, 1.82) is 0 Å². The summed E-state index contributed by atoms with van der Waals surface area (Å²) in [5.74, 6) is 0.870. The molecule has 2 N–H and O–H groups in total. The number of amides is 1. The van der Waals surface area contributed by atoms with E-state index in [2.05, 4.69) is 25.8 Å². The van der Waals surface area contributed by atoms with Gasteiger partial charge in [0.15, 0.2) is 11.6 Å². The zero-order valence-electron chi connectivity index (χ0n) is 19.5. The molecular formula is C25H23N7O4. The topological polar surface area (TPSA) is 131 Å². The summed E-state index contributed by atoms with van der Waals surface area (Å²) >= 11 is 0. The first-order chi connectivity index (χ1) is 17.7. The number of nitrogens with zero attached hydrogens (tertiary/aromatic N) is 5. The Hall–Kier alpha value is -4.51. The number of benzene rings is 2. The fourth-order valence-electron chi connectivity index (χ4n) is 4.21. The second kappa shape index (κ2) is 9.27. The van der Waals surface area contributed by atoms with E-state index in [9.17, 15) is 4.79 Å². The predicted molar refractivity (Wildman–Crippen MR) is 132 cm³/mol. The smallest absolute Gasteiger partial charge is 0.317 e. The number of aryl methyl sites for hydroxylation is 1. The average molecular weight is 486 g/mol. The molecule has 6 rings (SSSR count). The van der Waals surface area contributed by atoms with Gasteiger partial charge in [0.2, 0.25) is 12.0 Å². The summed E-state index contributed by atoms with van der Waals surface area (Å²) in [4.78, 5) is 24.3. The van der Waals surface area contributed by atoms with Gasteiger partial charge in [-0.05, 0) is 6.07 Å². The number of aliphatic imine (C=N–C) groups is 1. The minimum Gasteiger partial charge on any atom is -0.425 e. The molecule has 2 aliphatic rings. The standard InChI is InChI=1S/C25H23N7O4/c1-15-26-20(24(35-15)32-11-13-34-14-12-32)23-30-31-25(36-23)29-21-22(33)27-18-10-6-5-9-17(18)19(28-21)16-7-3-2-4-8-16/h2-10,21H,11-14H2,1H3,(H,27,33)(H,29,31). The number of benzodiazepines with no additional fused rings is 1. The van der Waals surface area contributed by atoms with Gasteiger partial charge < -0.3 is 29.1 Å². The SMILES string of the molecule is Cc1nc(-c2nnc(NC3N=C(c4ccccc4)c4ccccc4NC3=O)o2)c(N2CCOCC2)o1. The van der Waals surface area contributed by atoms with E-state index in [1.807, 2.05) is 59.5 Å². The lowest BCUT2D eigenvalue weighted by molar-refractivity contribution is -0.116. The zero-order chi connectivity index (χ0) is 24.5. The second-order valence-electron chi connectivity index (χ2n) is 8.32. The second-order valence-corrected chi connectivity index (χ2v) is 8.32. The van der Waals surface area contributed by atoms with Gasteiger partial charge in [0.05, 0.1) is 24.6 Å². The summed E-state index contributed by atoms with van der Waals surface area (Å²) in [7, 11) is 0. The number of ether oxygens (including phenoxy) is 1. The molecule has 2 aliphatic heterocycles. The molecule has 1 unspecified atom stereocenters. The lowest BCUT2D eigenvalue weighted by atomic mass is 10.0. The molecule has 0 radical (unpaired) electrons. The van der Waals surface area contributed by atoms with Crippen molar-refractivity contribution in [1.82, 2.24) is 15.2 Å². The Balaban J connectivity index is 1.31. The summed E-state index contributed by atoms with van der Waals surface area (Å²) in [6, 6.07) is 17.3. The minimum absolute atomic E-state index is 0.0425. The molecule has 1 amide bonds. The molecule has 182 valence electrons. The monoisotopic (exact) mass is 485 g/mol. The summed E-state index contributed by atoms with van der Waals surface area (Å²) < 4.78 is 17.1. The van der Waals surface area contributed by atoms with Crippen molar-refractivity contribution in [2.24, 2.45) is 4.99 Å². The molecule has 4 heterocycles. The van der Waals surface area contributed by atoms with Gasteiger partial charge in [-0.25, -0.2) is 9.98 Å². The van der Waals surface area contributed by atoms with E-state index in [4.69, 9.17) is 18.6 Å². The number of fused-ring (bicyclic) bond motifs is 1. The maximum atomic E-state index is 13.1. The number of hydrogen-bond donors (Lipinski definition) is 2. The van der Waals surface area contributed by atoms with Crippen LogP contribution >= 0.6 is 0 Å². The Kier molecular flexibility index (Phi) is 5.66. The molecule has 0 aliphatic carbocycles. The molecule has 0 saturated carbocycles. The van der Waals surface area contributed by atoms with Crippen LogP contribution in [-0.4, -0.2) is 59.3 Å². The Morgan fingerprint density at radius 3 is 2.61 bits per heavy atom. The van der Waals surface area contributed by atoms with Crippen molar-refractivity contribution in [2.75, 3.05) is 41.8 Å². The minimum atomic E-state index is -1.00. The van der Waals surface area contributed by atoms with Gasteiger partial charge in [-0.1, -0.05) is 53.6 Å². The van der Waals surface area contributed by atoms with Gasteiger partial charge in [-0.3, -0.25) is 4.79 Å². The normalized spacial score (nSPS) is 17.7. The fourth-order valence-corrected chi connectivity index (χ4v) is 4.21. The number of anilines is 3. The van der Waals surface area contributed by atoms with Crippen LogP contribution in [-0.2, 0) is 9.53 Å². The van der Waals surface area contributed by atoms with E-state index < -0.39 is 6.17 Å². The van der Waals surface area contributed by atoms with E-state index >= 15 is 0 Å². The Labute approximate surface area is 206 Å². The molecule has 0 spiro atoms. The van der Waals surface area contributed by atoms with Crippen LogP contribution in [0.5, 0.6) is 0 Å². The number of para-hydroxylation sites is 1. The zero-order valence-corrected chi connectivity index (χ0v) is 19.5. The van der Waals surface area contributed by atoms with Crippen LogP contribution in [0.4, 0.5) is 17.6 Å². The molecule has 2 aromatic carbocycles. The fraction of sp³-hybridized carbons (Fsp3) is 0.240. The number of oxazole rings is 1. The highest BCUT2D eigenvalue weighted by Gasteiger charge is 2.29. The average Bonchev–Trinajstić information content (AvgIpc) is 3.51. The molecule has 4 aromatic rings. The number of rotatable bonds is 5. The third-order valence-corrected chi connectivity index (χ3v) is 5.90. The third kappa shape index (κ3) is 4.20. The molecule has 1 fully saturated rings. The number of nitrogens with one attached hydrogen (secondary N) is 2. The van der Waals surface area contributed by atoms with E-state index in [1.165, 1.54) is 0 Å². The van der Waals surface area contributed by atoms with Crippen molar-refractivity contribution in [2.45, 2.75) is 13.1 Å². The number of morpholine rings is 1. The highest BCUT2D eigenvalue weighted by atomic mass is 16.5. The van der Waals surface area contributed by atoms with Crippen molar-refractivity contribution >= 4 is 29.2 Å². The molecule has 11 nitrogen and oxygen atoms in total. The van der Waals surface area contributed by atoms with E-state index in [1.54, 1.807) is 6.92 Å². The van der Waals surface area contributed by atoms with Crippen LogP contribution in [0.2, 0.25) is 0 Å². The number of hydrogen-bond acceptors (Lipinski definition) is 10. The number of aromatic nitrogens is 3. The van der Waals surface area contributed by atoms with Crippen LogP contribution < -0.4 is 15.5 Å². The number of carbonyl (C=O) groups is 1. The van der Waals surface area contributed by atoms with Crippen LogP contribution in [0.3, 0.4) is 0 Å². The lowest BCUT2D eigenvalue weighted by Crippen LogP contribution is -2.36. The maximum absolute atomic E-state index is 13.1. The Morgan fingerprint density at radius 2 is 1.78 bits per heavy atom. The maximum Gasteiger partial charge on any atom is 0.317 e. The Bertz CT molecular complexity index is 1420. The van der Waals surface area contributed by atoms with E-state index in [0.717, 1.165) is 11.1 Å². The first-order valence-corrected chi connectivity index (χ1v) is 11.6. The van der Waals surface area contributed by atoms with Crippen molar-refractivity contribution in [3.8, 4) is 11.6 Å². The summed E-state index contributed by atoms with van der Waals surface area (Å²) in [6.45, 7) is 4.28. The van der Waals surface area contributed by atoms with Gasteiger partial charge in [0.25, 0.3) is 11.8 Å². The highest BCUT2D eigenvalue weighted by Crippen LogP contribution is 2.32. The summed E-state index contributed by atoms with van der Waals surface area (Å²) in [5.41, 5.74) is 3.49. The molecule has 1 atom stereocenters. The van der Waals surface area contributed by atoms with Crippen molar-refractivity contribution in [3.05, 3.63) is 71.6 Å². The van der Waals surface area contributed by atoms with Crippen LogP contribution in [0.15, 0.2) is 68.4 Å². The van der Waals surface area contributed by atoms with Gasteiger partial charge in [-0.2, -0.15) is 0 Å². The van der Waals surface area contributed by atoms with Crippen LogP contribution in [0, 0.1) is 6.92 Å². The summed E-state index contributed by atoms with van der Waals surface area (Å²) in [5, 5.41) is 14.1. The van der Waals surface area contributed by atoms with Crippen LogP contribution in [0.1, 0.15) is 17.0 Å². The first-order valence-electron chi connectivity index (χ1n) is 11.6. The summed E-state index contributed by atoms with van der Waals surface area (Å²) in [6.07, 6.45) is -1.00. The van der Waals surface area contributed by atoms with Crippen LogP contribution in [0.25, 0.3) is 11.6 Å². The predicted octanol–water partition coefficient (Wildman–Crippen LogP) is 3.10. The van der Waals surface area contributed by atoms with Gasteiger partial charge >= 0.3 is 6.01 Å². The molecule has 11 heteroatoms. The van der Waals surface area contributed by atoms with Gasteiger partial charge in [0.1, 0.15) is 0 Å². The highest BCUT2D eigenvalue weighted by molar-refractivity contribution is 6.19. The van der Waals surface area contributed by atoms with Gasteiger partial charge in [0, 0.05) is 31.1 Å². The van der Waals surface area contributed by atoms with E-state index in [0.29, 0.717) is 55.2 Å². The Morgan fingerprint density at radius 1 is 1.00 bits per heavy atom. The number of carbonyl (C=O) groups excluding carboxylic acids is 1. The van der Waals surface area contributed by atoms with E-state index in [-0.39, 0.29) is 17.8 Å². The lowest BCUT2D eigenvalue weighted by Gasteiger charge is -2.26. The van der Waals surface area contributed by atoms with Gasteiger partial charge in [-0.15, -0.1) is 5.10 Å². The van der Waals surface area contributed by atoms with Crippen molar-refractivity contribution < 1.29 is 18.4 Å². The molecule has 0 bridgehead atoms. The quantitative estimate of drug-likeness (QED) is 0.438.